The van der Waals surface area contributed by atoms with Gasteiger partial charge in [0.05, 0.1) is 23.7 Å². The third-order valence-electron chi connectivity index (χ3n) is 3.61. The number of hydrogen-bond acceptors (Lipinski definition) is 5. The topological polar surface area (TPSA) is 72.8 Å². The van der Waals surface area contributed by atoms with Crippen molar-refractivity contribution in [1.29, 1.82) is 0 Å². The maximum Gasteiger partial charge on any atom is 0.175 e. The summed E-state index contributed by atoms with van der Waals surface area (Å²) in [5.41, 5.74) is -0.297. The maximum atomic E-state index is 11.5. The number of benzene rings is 1. The zero-order chi connectivity index (χ0) is 16.8. The van der Waals surface area contributed by atoms with Crippen LogP contribution in [0.5, 0.6) is 0 Å². The molecule has 0 spiro atoms. The summed E-state index contributed by atoms with van der Waals surface area (Å²) in [6.45, 7) is 6.92. The van der Waals surface area contributed by atoms with Crippen molar-refractivity contribution >= 4 is 9.84 Å². The number of rotatable bonds is 9. The zero-order valence-electron chi connectivity index (χ0n) is 13.7. The van der Waals surface area contributed by atoms with Crippen molar-refractivity contribution in [3.63, 3.8) is 0 Å². The second kappa shape index (κ2) is 8.06. The van der Waals surface area contributed by atoms with Crippen LogP contribution in [0.25, 0.3) is 0 Å². The first-order valence-corrected chi connectivity index (χ1v) is 9.33. The fourth-order valence-electron chi connectivity index (χ4n) is 2.08. The molecule has 0 aliphatic heterocycles. The van der Waals surface area contributed by atoms with Crippen molar-refractivity contribution in [2.75, 3.05) is 26.1 Å². The van der Waals surface area contributed by atoms with E-state index < -0.39 is 21.5 Å². The highest BCUT2D eigenvalue weighted by Crippen LogP contribution is 2.32. The van der Waals surface area contributed by atoms with Crippen LogP contribution in [0.4, 0.5) is 0 Å². The molecule has 126 valence electrons. The first kappa shape index (κ1) is 19.1. The summed E-state index contributed by atoms with van der Waals surface area (Å²) in [7, 11) is -3.23. The van der Waals surface area contributed by atoms with Crippen molar-refractivity contribution in [1.82, 2.24) is 0 Å². The van der Waals surface area contributed by atoms with Gasteiger partial charge in [0.25, 0.3) is 0 Å². The van der Waals surface area contributed by atoms with Crippen LogP contribution in [-0.4, -0.2) is 45.2 Å². The molecule has 0 saturated heterocycles. The van der Waals surface area contributed by atoms with Crippen molar-refractivity contribution in [3.8, 4) is 0 Å². The first-order valence-electron chi connectivity index (χ1n) is 7.44. The summed E-state index contributed by atoms with van der Waals surface area (Å²) >= 11 is 0. The van der Waals surface area contributed by atoms with Crippen molar-refractivity contribution < 1.29 is 23.0 Å². The van der Waals surface area contributed by atoms with E-state index >= 15 is 0 Å². The molecule has 0 saturated carbocycles. The SMILES string of the molecule is CCOCCOC(c1ccc(S(C)(=O)=O)cc1)C(C)(O)CC. The molecule has 5 nitrogen and oxygen atoms in total. The summed E-state index contributed by atoms with van der Waals surface area (Å²) in [5.74, 6) is 0. The fraction of sp³-hybridized carbons (Fsp3) is 0.625. The normalized spacial score (nSPS) is 16.2. The average molecular weight is 330 g/mol. The third kappa shape index (κ3) is 5.35. The molecule has 0 heterocycles. The van der Waals surface area contributed by atoms with E-state index in [0.717, 1.165) is 5.56 Å². The highest BCUT2D eigenvalue weighted by molar-refractivity contribution is 7.90. The molecule has 0 aliphatic carbocycles. The van der Waals surface area contributed by atoms with Gasteiger partial charge in [-0.3, -0.25) is 0 Å². The Kier molecular flexibility index (Phi) is 6.99. The Labute approximate surface area is 133 Å². The van der Waals surface area contributed by atoms with E-state index in [2.05, 4.69) is 0 Å². The molecule has 1 aromatic rings. The van der Waals surface area contributed by atoms with Crippen LogP contribution in [0.2, 0.25) is 0 Å². The van der Waals surface area contributed by atoms with E-state index in [1.54, 1.807) is 19.1 Å². The molecule has 0 aromatic heterocycles. The van der Waals surface area contributed by atoms with Gasteiger partial charge >= 0.3 is 0 Å². The second-order valence-corrected chi connectivity index (χ2v) is 7.52. The van der Waals surface area contributed by atoms with Gasteiger partial charge in [-0.25, -0.2) is 8.42 Å². The molecule has 0 fully saturated rings. The summed E-state index contributed by atoms with van der Waals surface area (Å²) in [6.07, 6.45) is 1.15. The average Bonchev–Trinajstić information content (AvgIpc) is 2.46. The lowest BCUT2D eigenvalue weighted by Crippen LogP contribution is -2.34. The molecule has 1 aromatic carbocycles. The number of sulfone groups is 1. The highest BCUT2D eigenvalue weighted by atomic mass is 32.2. The van der Waals surface area contributed by atoms with E-state index in [-0.39, 0.29) is 4.90 Å². The van der Waals surface area contributed by atoms with Crippen LogP contribution >= 0.6 is 0 Å². The molecule has 0 radical (unpaired) electrons. The maximum absolute atomic E-state index is 11.5. The van der Waals surface area contributed by atoms with Crippen molar-refractivity contribution in [2.45, 2.75) is 43.8 Å². The van der Waals surface area contributed by atoms with Crippen LogP contribution in [0.3, 0.4) is 0 Å². The van der Waals surface area contributed by atoms with Crippen LogP contribution in [0.1, 0.15) is 38.9 Å². The van der Waals surface area contributed by atoms with Gasteiger partial charge in [0.1, 0.15) is 6.10 Å². The highest BCUT2D eigenvalue weighted by Gasteiger charge is 2.32. The smallest absolute Gasteiger partial charge is 0.175 e. The zero-order valence-corrected chi connectivity index (χ0v) is 14.5. The van der Waals surface area contributed by atoms with E-state index in [1.165, 1.54) is 18.4 Å². The van der Waals surface area contributed by atoms with Gasteiger partial charge in [-0.2, -0.15) is 0 Å². The Bertz CT molecular complexity index is 548. The Morgan fingerprint density at radius 1 is 1.18 bits per heavy atom. The minimum Gasteiger partial charge on any atom is -0.387 e. The van der Waals surface area contributed by atoms with Gasteiger partial charge < -0.3 is 14.6 Å². The predicted octanol–water partition coefficient (Wildman–Crippen LogP) is 2.35. The lowest BCUT2D eigenvalue weighted by atomic mass is 9.90. The van der Waals surface area contributed by atoms with Gasteiger partial charge in [-0.05, 0) is 38.0 Å². The molecule has 0 bridgehead atoms. The summed E-state index contributed by atoms with van der Waals surface area (Å²) in [6, 6.07) is 6.45. The second-order valence-electron chi connectivity index (χ2n) is 5.50. The van der Waals surface area contributed by atoms with Crippen LogP contribution in [-0.2, 0) is 19.3 Å². The quantitative estimate of drug-likeness (QED) is 0.704. The Balaban J connectivity index is 2.95. The Hall–Kier alpha value is -0.950. The Morgan fingerprint density at radius 2 is 1.77 bits per heavy atom. The summed E-state index contributed by atoms with van der Waals surface area (Å²) in [4.78, 5) is 0.250. The molecule has 2 unspecified atom stereocenters. The molecular weight excluding hydrogens is 304 g/mol. The number of aliphatic hydroxyl groups is 1. The lowest BCUT2D eigenvalue weighted by Gasteiger charge is -2.32. The Morgan fingerprint density at radius 3 is 2.23 bits per heavy atom. The third-order valence-corrected chi connectivity index (χ3v) is 4.74. The molecule has 6 heteroatoms. The summed E-state index contributed by atoms with van der Waals surface area (Å²) < 4.78 is 34.1. The van der Waals surface area contributed by atoms with Crippen LogP contribution in [0, 0.1) is 0 Å². The molecule has 22 heavy (non-hydrogen) atoms. The molecule has 2 atom stereocenters. The molecular formula is C16H26O5S. The van der Waals surface area contributed by atoms with Gasteiger partial charge in [0.15, 0.2) is 9.84 Å². The fourth-order valence-corrected chi connectivity index (χ4v) is 2.71. The van der Waals surface area contributed by atoms with Crippen molar-refractivity contribution in [2.24, 2.45) is 0 Å². The number of ether oxygens (including phenoxy) is 2. The minimum absolute atomic E-state index is 0.250. The summed E-state index contributed by atoms with van der Waals surface area (Å²) in [5, 5.41) is 10.5. The van der Waals surface area contributed by atoms with Gasteiger partial charge in [-0.15, -0.1) is 0 Å². The van der Waals surface area contributed by atoms with Crippen molar-refractivity contribution in [3.05, 3.63) is 29.8 Å². The molecule has 1 rings (SSSR count). The van der Waals surface area contributed by atoms with Gasteiger partial charge in [0, 0.05) is 12.9 Å². The van der Waals surface area contributed by atoms with Gasteiger partial charge in [0.2, 0.25) is 0 Å². The number of hydrogen-bond donors (Lipinski definition) is 1. The molecule has 1 N–H and O–H groups in total. The predicted molar refractivity (Wildman–Crippen MR) is 85.7 cm³/mol. The largest absolute Gasteiger partial charge is 0.387 e. The minimum atomic E-state index is -3.23. The first-order chi connectivity index (χ1) is 10.2. The van der Waals surface area contributed by atoms with E-state index in [0.29, 0.717) is 26.2 Å². The van der Waals surface area contributed by atoms with E-state index in [1.807, 2.05) is 13.8 Å². The van der Waals surface area contributed by atoms with E-state index in [4.69, 9.17) is 9.47 Å². The van der Waals surface area contributed by atoms with Crippen LogP contribution in [0.15, 0.2) is 29.2 Å². The molecule has 0 aliphatic rings. The van der Waals surface area contributed by atoms with E-state index in [9.17, 15) is 13.5 Å². The van der Waals surface area contributed by atoms with Gasteiger partial charge in [-0.1, -0.05) is 19.1 Å². The molecule has 0 amide bonds. The standard InChI is InChI=1S/C16H26O5S/c1-5-16(3,17)15(21-12-11-20-6-2)13-7-9-14(10-8-13)22(4,18)19/h7-10,15,17H,5-6,11-12H2,1-4H3. The monoisotopic (exact) mass is 330 g/mol. The lowest BCUT2D eigenvalue weighted by molar-refractivity contribution is -0.112. The van der Waals surface area contributed by atoms with Crippen LogP contribution < -0.4 is 0 Å².